The first kappa shape index (κ1) is 17.4. The fourth-order valence-electron chi connectivity index (χ4n) is 2.69. The Balaban J connectivity index is 1.82. The van der Waals surface area contributed by atoms with E-state index in [9.17, 15) is 0 Å². The summed E-state index contributed by atoms with van der Waals surface area (Å²) >= 11 is 5.29. The maximum absolute atomic E-state index is 6.23. The van der Waals surface area contributed by atoms with Crippen LogP contribution in [0.2, 0.25) is 0 Å². The molecule has 0 fully saturated rings. The Hall–Kier alpha value is -2.40. The predicted molar refractivity (Wildman–Crippen MR) is 103 cm³/mol. The lowest BCUT2D eigenvalue weighted by molar-refractivity contribution is 0.0703. The van der Waals surface area contributed by atoms with Gasteiger partial charge in [0.25, 0.3) is 0 Å². The lowest BCUT2D eigenvalue weighted by Gasteiger charge is -2.27. The van der Waals surface area contributed by atoms with Crippen molar-refractivity contribution in [1.82, 2.24) is 14.8 Å². The number of hydrogen-bond donors (Lipinski definition) is 1. The molecule has 0 amide bonds. The van der Waals surface area contributed by atoms with Gasteiger partial charge in [-0.25, -0.2) is 9.67 Å². The van der Waals surface area contributed by atoms with E-state index >= 15 is 0 Å². The number of aromatic nitrogens is 3. The monoisotopic (exact) mass is 353 g/mol. The topological polar surface area (TPSA) is 42.8 Å². The van der Waals surface area contributed by atoms with Gasteiger partial charge in [0.05, 0.1) is 0 Å². The zero-order valence-corrected chi connectivity index (χ0v) is 15.6. The van der Waals surface area contributed by atoms with Crippen molar-refractivity contribution in [3.63, 3.8) is 0 Å². The van der Waals surface area contributed by atoms with Crippen molar-refractivity contribution in [3.8, 4) is 16.9 Å². The second-order valence-electron chi connectivity index (χ2n) is 7.27. The number of benzene rings is 2. The highest BCUT2D eigenvalue weighted by Gasteiger charge is 2.23. The van der Waals surface area contributed by atoms with E-state index in [1.165, 1.54) is 11.1 Å². The number of hydrogen-bond acceptors (Lipinski definition) is 3. The number of nitrogens with one attached hydrogen (secondary N) is 1. The van der Waals surface area contributed by atoms with E-state index < -0.39 is 0 Å². The summed E-state index contributed by atoms with van der Waals surface area (Å²) in [4.78, 5) is 4.11. The van der Waals surface area contributed by atoms with Gasteiger partial charge in [0.2, 0.25) is 4.77 Å². The number of aromatic amines is 1. The Kier molecular flexibility index (Phi) is 5.04. The molecule has 0 aliphatic heterocycles. The minimum absolute atomic E-state index is 0.0918. The van der Waals surface area contributed by atoms with Gasteiger partial charge in [0.1, 0.15) is 12.1 Å². The Labute approximate surface area is 153 Å². The van der Waals surface area contributed by atoms with Crippen LogP contribution >= 0.6 is 12.2 Å². The van der Waals surface area contributed by atoms with Gasteiger partial charge in [-0.05, 0) is 40.9 Å². The number of rotatable bonds is 5. The molecule has 0 saturated heterocycles. The molecule has 3 aromatic rings. The summed E-state index contributed by atoms with van der Waals surface area (Å²) in [6.45, 7) is 6.55. The second kappa shape index (κ2) is 7.23. The molecular formula is C20H23N3OS. The molecular weight excluding hydrogens is 330 g/mol. The Bertz CT molecular complexity index is 860. The summed E-state index contributed by atoms with van der Waals surface area (Å²) in [5.74, 6) is 0.811. The van der Waals surface area contributed by atoms with Crippen LogP contribution in [0.4, 0.5) is 0 Å². The van der Waals surface area contributed by atoms with Gasteiger partial charge in [-0.15, -0.1) is 0 Å². The summed E-state index contributed by atoms with van der Waals surface area (Å²) in [5, 5.41) is 3.06. The SMILES string of the molecule is CC(C)(C)CC(Oc1ccc(-c2ccccc2)cc1)n1[nH]cnc1=S. The first-order valence-corrected chi connectivity index (χ1v) is 8.77. The fraction of sp³-hybridized carbons (Fsp3) is 0.300. The highest BCUT2D eigenvalue weighted by Crippen LogP contribution is 2.30. The van der Waals surface area contributed by atoms with Crippen molar-refractivity contribution in [2.24, 2.45) is 5.41 Å². The smallest absolute Gasteiger partial charge is 0.219 e. The molecule has 3 rings (SSSR count). The number of H-pyrrole nitrogens is 1. The molecule has 0 radical (unpaired) electrons. The van der Waals surface area contributed by atoms with Crippen LogP contribution in [0.3, 0.4) is 0 Å². The van der Waals surface area contributed by atoms with E-state index in [0.717, 1.165) is 12.2 Å². The molecule has 4 nitrogen and oxygen atoms in total. The van der Waals surface area contributed by atoms with Crippen LogP contribution in [0.5, 0.6) is 5.75 Å². The maximum Gasteiger partial charge on any atom is 0.219 e. The molecule has 0 aliphatic carbocycles. The van der Waals surface area contributed by atoms with Gasteiger partial charge < -0.3 is 4.74 Å². The van der Waals surface area contributed by atoms with Crippen LogP contribution in [0.15, 0.2) is 60.9 Å². The van der Waals surface area contributed by atoms with Gasteiger partial charge in [-0.1, -0.05) is 63.2 Å². The second-order valence-corrected chi connectivity index (χ2v) is 7.63. The van der Waals surface area contributed by atoms with Gasteiger partial charge >= 0.3 is 0 Å². The first-order valence-electron chi connectivity index (χ1n) is 8.36. The molecule has 0 spiro atoms. The molecule has 0 bridgehead atoms. The number of ether oxygens (including phenoxy) is 1. The summed E-state index contributed by atoms with van der Waals surface area (Å²) in [5.41, 5.74) is 2.45. The van der Waals surface area contributed by atoms with Crippen molar-refractivity contribution in [2.75, 3.05) is 0 Å². The molecule has 1 aromatic heterocycles. The van der Waals surface area contributed by atoms with Crippen molar-refractivity contribution < 1.29 is 4.74 Å². The zero-order valence-electron chi connectivity index (χ0n) is 14.8. The zero-order chi connectivity index (χ0) is 17.9. The van der Waals surface area contributed by atoms with E-state index in [4.69, 9.17) is 17.0 Å². The molecule has 1 atom stereocenters. The summed E-state index contributed by atoms with van der Waals surface area (Å²) in [6, 6.07) is 18.4. The fourth-order valence-corrected chi connectivity index (χ4v) is 2.92. The van der Waals surface area contributed by atoms with Crippen molar-refractivity contribution in [2.45, 2.75) is 33.4 Å². The van der Waals surface area contributed by atoms with Gasteiger partial charge in [0.15, 0.2) is 6.23 Å². The molecule has 25 heavy (non-hydrogen) atoms. The third kappa shape index (κ3) is 4.57. The van der Waals surface area contributed by atoms with Gasteiger partial charge in [-0.2, -0.15) is 0 Å². The third-order valence-electron chi connectivity index (χ3n) is 3.89. The van der Waals surface area contributed by atoms with Crippen molar-refractivity contribution >= 4 is 12.2 Å². The predicted octanol–water partition coefficient (Wildman–Crippen LogP) is 5.62. The molecule has 0 aliphatic rings. The van der Waals surface area contributed by atoms with E-state index in [-0.39, 0.29) is 11.6 Å². The molecule has 0 saturated carbocycles. The summed E-state index contributed by atoms with van der Waals surface area (Å²) in [7, 11) is 0. The highest BCUT2D eigenvalue weighted by atomic mass is 32.1. The highest BCUT2D eigenvalue weighted by molar-refractivity contribution is 7.71. The average Bonchev–Trinajstić information content (AvgIpc) is 3.01. The Morgan fingerprint density at radius 3 is 2.24 bits per heavy atom. The Morgan fingerprint density at radius 1 is 1.04 bits per heavy atom. The van der Waals surface area contributed by atoms with Crippen LogP contribution in [-0.2, 0) is 0 Å². The van der Waals surface area contributed by atoms with Gasteiger partial charge in [0, 0.05) is 6.42 Å². The summed E-state index contributed by atoms with van der Waals surface area (Å²) in [6.07, 6.45) is 2.18. The minimum atomic E-state index is -0.224. The number of nitrogens with zero attached hydrogens (tertiary/aromatic N) is 2. The minimum Gasteiger partial charge on any atom is -0.469 e. The standard InChI is InChI=1S/C20H23N3OS/c1-20(2,3)13-18(23-19(25)21-14-22-23)24-17-11-9-16(10-12-17)15-7-5-4-6-8-15/h4-12,14,18H,13H2,1-3H3,(H,21,22,25). The lowest BCUT2D eigenvalue weighted by atomic mass is 9.91. The molecule has 2 aromatic carbocycles. The van der Waals surface area contributed by atoms with Crippen molar-refractivity contribution in [1.29, 1.82) is 0 Å². The van der Waals surface area contributed by atoms with Crippen LogP contribution in [0.25, 0.3) is 11.1 Å². The third-order valence-corrected chi connectivity index (χ3v) is 4.19. The average molecular weight is 353 g/mol. The van der Waals surface area contributed by atoms with Crippen LogP contribution < -0.4 is 4.74 Å². The molecule has 1 heterocycles. The first-order chi connectivity index (χ1) is 11.9. The quantitative estimate of drug-likeness (QED) is 0.605. The van der Waals surface area contributed by atoms with Crippen LogP contribution in [0.1, 0.15) is 33.4 Å². The van der Waals surface area contributed by atoms with Crippen LogP contribution in [0, 0.1) is 10.2 Å². The van der Waals surface area contributed by atoms with Gasteiger partial charge in [-0.3, -0.25) is 5.10 Å². The maximum atomic E-state index is 6.23. The molecule has 1 N–H and O–H groups in total. The van der Waals surface area contributed by atoms with E-state index in [1.54, 1.807) is 11.0 Å². The van der Waals surface area contributed by atoms with Crippen LogP contribution in [-0.4, -0.2) is 14.8 Å². The largest absolute Gasteiger partial charge is 0.469 e. The van der Waals surface area contributed by atoms with E-state index in [2.05, 4.69) is 55.1 Å². The normalized spacial score (nSPS) is 12.8. The van der Waals surface area contributed by atoms with E-state index in [1.807, 2.05) is 30.3 Å². The molecule has 1 unspecified atom stereocenters. The lowest BCUT2D eigenvalue weighted by Crippen LogP contribution is -2.23. The molecule has 5 heteroatoms. The van der Waals surface area contributed by atoms with E-state index in [0.29, 0.717) is 4.77 Å². The summed E-state index contributed by atoms with van der Waals surface area (Å²) < 4.78 is 8.52. The Morgan fingerprint density at radius 2 is 1.68 bits per heavy atom. The van der Waals surface area contributed by atoms with Crippen molar-refractivity contribution in [3.05, 3.63) is 65.7 Å². The molecule has 130 valence electrons.